The summed E-state index contributed by atoms with van der Waals surface area (Å²) in [6, 6.07) is 0.599. The van der Waals surface area contributed by atoms with Gasteiger partial charge in [-0.1, -0.05) is 39.5 Å². The summed E-state index contributed by atoms with van der Waals surface area (Å²) < 4.78 is 0. The van der Waals surface area contributed by atoms with Crippen LogP contribution in [0.1, 0.15) is 65.2 Å². The van der Waals surface area contributed by atoms with Crippen molar-refractivity contribution in [3.05, 3.63) is 0 Å². The summed E-state index contributed by atoms with van der Waals surface area (Å²) in [6.07, 6.45) is 9.73. The van der Waals surface area contributed by atoms with Gasteiger partial charge in [-0.3, -0.25) is 4.79 Å². The third-order valence-electron chi connectivity index (χ3n) is 4.47. The molecular formula is C16H30N2O. The Bertz CT molecular complexity index is 276. The maximum atomic E-state index is 12.8. The molecule has 1 aliphatic carbocycles. The van der Waals surface area contributed by atoms with E-state index in [2.05, 4.69) is 24.1 Å². The first-order chi connectivity index (χ1) is 9.18. The molecule has 1 atom stereocenters. The number of amides is 1. The first kappa shape index (κ1) is 14.8. The van der Waals surface area contributed by atoms with Gasteiger partial charge in [0.05, 0.1) is 6.04 Å². The zero-order valence-electron chi connectivity index (χ0n) is 12.7. The summed E-state index contributed by atoms with van der Waals surface area (Å²) in [5.74, 6) is 0.942. The molecule has 1 saturated heterocycles. The van der Waals surface area contributed by atoms with Crippen molar-refractivity contribution in [3.63, 3.8) is 0 Å². The summed E-state index contributed by atoms with van der Waals surface area (Å²) in [6.45, 7) is 6.38. The fraction of sp³-hybridized carbons (Fsp3) is 0.938. The van der Waals surface area contributed by atoms with Crippen LogP contribution in [-0.2, 0) is 4.79 Å². The van der Waals surface area contributed by atoms with E-state index < -0.39 is 0 Å². The third-order valence-corrected chi connectivity index (χ3v) is 4.47. The van der Waals surface area contributed by atoms with Gasteiger partial charge in [0.2, 0.25) is 5.91 Å². The Morgan fingerprint density at radius 1 is 1.11 bits per heavy atom. The van der Waals surface area contributed by atoms with Crippen LogP contribution in [0.25, 0.3) is 0 Å². The highest BCUT2D eigenvalue weighted by atomic mass is 16.2. The molecule has 0 aromatic heterocycles. The third kappa shape index (κ3) is 4.20. The molecule has 0 radical (unpaired) electrons. The van der Waals surface area contributed by atoms with Gasteiger partial charge in [0, 0.05) is 12.6 Å². The minimum atomic E-state index is 0.0850. The Kier molecular flexibility index (Phi) is 5.68. The molecule has 2 fully saturated rings. The van der Waals surface area contributed by atoms with Crippen molar-refractivity contribution in [2.75, 3.05) is 13.1 Å². The Balaban J connectivity index is 2.00. The van der Waals surface area contributed by atoms with E-state index >= 15 is 0 Å². The molecule has 0 bridgehead atoms. The van der Waals surface area contributed by atoms with E-state index in [0.29, 0.717) is 17.9 Å². The van der Waals surface area contributed by atoms with Gasteiger partial charge in [-0.25, -0.2) is 0 Å². The number of carbonyl (C=O) groups excluding carboxylic acids is 1. The summed E-state index contributed by atoms with van der Waals surface area (Å²) in [7, 11) is 0. The minimum Gasteiger partial charge on any atom is -0.338 e. The normalized spacial score (nSPS) is 25.5. The number of hydrogen-bond acceptors (Lipinski definition) is 2. The molecule has 1 N–H and O–H groups in total. The molecule has 3 nitrogen and oxygen atoms in total. The number of nitrogens with zero attached hydrogens (tertiary/aromatic N) is 1. The van der Waals surface area contributed by atoms with Crippen LogP contribution in [0.2, 0.25) is 0 Å². The van der Waals surface area contributed by atoms with Crippen molar-refractivity contribution >= 4 is 5.91 Å². The van der Waals surface area contributed by atoms with Crippen LogP contribution in [0.5, 0.6) is 0 Å². The van der Waals surface area contributed by atoms with Gasteiger partial charge in [0.25, 0.3) is 0 Å². The van der Waals surface area contributed by atoms with Gasteiger partial charge in [-0.15, -0.1) is 0 Å². The molecule has 110 valence electrons. The van der Waals surface area contributed by atoms with Crippen LogP contribution >= 0.6 is 0 Å². The number of hydrogen-bond donors (Lipinski definition) is 1. The Morgan fingerprint density at radius 2 is 1.79 bits per heavy atom. The van der Waals surface area contributed by atoms with E-state index in [-0.39, 0.29) is 6.04 Å². The molecular weight excluding hydrogens is 236 g/mol. The van der Waals surface area contributed by atoms with E-state index in [0.717, 1.165) is 19.5 Å². The number of carbonyl (C=O) groups is 1. The Labute approximate surface area is 118 Å². The molecule has 1 unspecified atom stereocenters. The van der Waals surface area contributed by atoms with E-state index in [1.165, 1.54) is 44.9 Å². The van der Waals surface area contributed by atoms with Crippen molar-refractivity contribution in [2.45, 2.75) is 77.3 Å². The molecule has 1 saturated carbocycles. The highest BCUT2D eigenvalue weighted by Gasteiger charge is 2.31. The van der Waals surface area contributed by atoms with Crippen LogP contribution in [0.3, 0.4) is 0 Å². The monoisotopic (exact) mass is 266 g/mol. The van der Waals surface area contributed by atoms with Gasteiger partial charge >= 0.3 is 0 Å². The quantitative estimate of drug-likeness (QED) is 0.848. The maximum absolute atomic E-state index is 12.8. The van der Waals surface area contributed by atoms with E-state index in [1.54, 1.807) is 0 Å². The average molecular weight is 266 g/mol. The second-order valence-electron chi connectivity index (χ2n) is 6.68. The SMILES string of the molecule is CC(C)CN(C(=O)C1CCCCCN1)C1CCCC1. The zero-order chi connectivity index (χ0) is 13.7. The van der Waals surface area contributed by atoms with E-state index in [4.69, 9.17) is 0 Å². The smallest absolute Gasteiger partial charge is 0.239 e. The zero-order valence-corrected chi connectivity index (χ0v) is 12.7. The molecule has 1 heterocycles. The molecule has 1 aliphatic heterocycles. The first-order valence-corrected chi connectivity index (χ1v) is 8.22. The summed E-state index contributed by atoms with van der Waals surface area (Å²) in [4.78, 5) is 15.0. The lowest BCUT2D eigenvalue weighted by atomic mass is 10.1. The topological polar surface area (TPSA) is 32.3 Å². The molecule has 0 spiro atoms. The van der Waals surface area contributed by atoms with Crippen LogP contribution in [0, 0.1) is 5.92 Å². The van der Waals surface area contributed by atoms with E-state index in [1.807, 2.05) is 0 Å². The van der Waals surface area contributed by atoms with E-state index in [9.17, 15) is 4.79 Å². The van der Waals surface area contributed by atoms with Gasteiger partial charge in [0.1, 0.15) is 0 Å². The molecule has 0 aromatic carbocycles. The molecule has 1 amide bonds. The van der Waals surface area contributed by atoms with Crippen LogP contribution in [0.15, 0.2) is 0 Å². The predicted molar refractivity (Wildman–Crippen MR) is 79.1 cm³/mol. The summed E-state index contributed by atoms with van der Waals surface area (Å²) >= 11 is 0. The lowest BCUT2D eigenvalue weighted by molar-refractivity contribution is -0.136. The largest absolute Gasteiger partial charge is 0.338 e. The maximum Gasteiger partial charge on any atom is 0.239 e. The van der Waals surface area contributed by atoms with Crippen molar-refractivity contribution in [1.82, 2.24) is 10.2 Å². The van der Waals surface area contributed by atoms with Crippen LogP contribution in [0.4, 0.5) is 0 Å². The number of nitrogens with one attached hydrogen (secondary N) is 1. The van der Waals surface area contributed by atoms with Gasteiger partial charge in [0.15, 0.2) is 0 Å². The summed E-state index contributed by atoms with van der Waals surface area (Å²) in [5.41, 5.74) is 0. The van der Waals surface area contributed by atoms with Crippen molar-refractivity contribution < 1.29 is 4.79 Å². The summed E-state index contributed by atoms with van der Waals surface area (Å²) in [5, 5.41) is 3.47. The highest BCUT2D eigenvalue weighted by Crippen LogP contribution is 2.25. The standard InChI is InChI=1S/C16H30N2O/c1-13(2)12-18(14-8-5-6-9-14)16(19)15-10-4-3-7-11-17-15/h13-15,17H,3-12H2,1-2H3. The second-order valence-corrected chi connectivity index (χ2v) is 6.68. The van der Waals surface area contributed by atoms with Gasteiger partial charge in [-0.05, 0) is 38.1 Å². The second kappa shape index (κ2) is 7.28. The van der Waals surface area contributed by atoms with Crippen molar-refractivity contribution in [3.8, 4) is 0 Å². The highest BCUT2D eigenvalue weighted by molar-refractivity contribution is 5.82. The Morgan fingerprint density at radius 3 is 2.47 bits per heavy atom. The minimum absolute atomic E-state index is 0.0850. The van der Waals surface area contributed by atoms with Crippen LogP contribution in [-0.4, -0.2) is 36.0 Å². The Hall–Kier alpha value is -0.570. The lowest BCUT2D eigenvalue weighted by Crippen LogP contribution is -2.50. The van der Waals surface area contributed by atoms with Gasteiger partial charge < -0.3 is 10.2 Å². The molecule has 0 aromatic rings. The van der Waals surface area contributed by atoms with Crippen molar-refractivity contribution in [1.29, 1.82) is 0 Å². The van der Waals surface area contributed by atoms with Gasteiger partial charge in [-0.2, -0.15) is 0 Å². The molecule has 2 rings (SSSR count). The predicted octanol–water partition coefficient (Wildman–Crippen LogP) is 2.95. The fourth-order valence-corrected chi connectivity index (χ4v) is 3.47. The van der Waals surface area contributed by atoms with Crippen LogP contribution < -0.4 is 5.32 Å². The first-order valence-electron chi connectivity index (χ1n) is 8.22. The fourth-order valence-electron chi connectivity index (χ4n) is 3.47. The lowest BCUT2D eigenvalue weighted by Gasteiger charge is -2.33. The molecule has 3 heteroatoms. The number of rotatable bonds is 4. The average Bonchev–Trinajstić information content (AvgIpc) is 2.77. The molecule has 19 heavy (non-hydrogen) atoms. The van der Waals surface area contributed by atoms with Crippen molar-refractivity contribution in [2.24, 2.45) is 5.92 Å². The molecule has 2 aliphatic rings.